The van der Waals surface area contributed by atoms with E-state index in [1.54, 1.807) is 13.0 Å². The van der Waals surface area contributed by atoms with Crippen LogP contribution in [0.2, 0.25) is 0 Å². The number of anilines is 2. The fraction of sp³-hybridized carbons (Fsp3) is 0.462. The van der Waals surface area contributed by atoms with Crippen LogP contribution in [0, 0.1) is 6.92 Å². The predicted octanol–water partition coefficient (Wildman–Crippen LogP) is 0.305. The number of carbonyl (C=O) groups is 1. The highest BCUT2D eigenvalue weighted by atomic mass is 32.2. The Morgan fingerprint density at radius 1 is 1.38 bits per heavy atom. The van der Waals surface area contributed by atoms with Crippen LogP contribution in [0.3, 0.4) is 0 Å². The van der Waals surface area contributed by atoms with Crippen molar-refractivity contribution in [1.29, 1.82) is 0 Å². The Balaban J connectivity index is 2.02. The summed E-state index contributed by atoms with van der Waals surface area (Å²) in [5.74, 6) is -0.0155. The molecule has 1 aromatic rings. The Hall–Kier alpha value is -1.80. The number of benzene rings is 1. The van der Waals surface area contributed by atoms with E-state index in [9.17, 15) is 13.2 Å². The van der Waals surface area contributed by atoms with Crippen molar-refractivity contribution in [2.75, 3.05) is 17.6 Å². The lowest BCUT2D eigenvalue weighted by Gasteiger charge is -2.13. The third-order valence-corrected chi connectivity index (χ3v) is 4.34. The van der Waals surface area contributed by atoms with Crippen molar-refractivity contribution in [2.24, 2.45) is 5.14 Å². The lowest BCUT2D eigenvalue weighted by Crippen LogP contribution is -2.27. The molecule has 8 heteroatoms. The van der Waals surface area contributed by atoms with Crippen LogP contribution >= 0.6 is 0 Å². The Morgan fingerprint density at radius 3 is 2.62 bits per heavy atom. The molecule has 116 valence electrons. The molecule has 0 atom stereocenters. The molecule has 1 saturated carbocycles. The second-order valence-electron chi connectivity index (χ2n) is 5.26. The summed E-state index contributed by atoms with van der Waals surface area (Å²) in [6, 6.07) is 3.29. The summed E-state index contributed by atoms with van der Waals surface area (Å²) in [7, 11) is -3.83. The van der Waals surface area contributed by atoms with Crippen molar-refractivity contribution in [3.05, 3.63) is 17.7 Å². The smallest absolute Gasteiger partial charge is 0.238 e. The van der Waals surface area contributed by atoms with Gasteiger partial charge in [0.15, 0.2) is 0 Å². The lowest BCUT2D eigenvalue weighted by atomic mass is 10.1. The van der Waals surface area contributed by atoms with Gasteiger partial charge in [0.2, 0.25) is 15.9 Å². The van der Waals surface area contributed by atoms with Gasteiger partial charge < -0.3 is 16.4 Å². The van der Waals surface area contributed by atoms with Gasteiger partial charge in [-0.3, -0.25) is 4.79 Å². The maximum Gasteiger partial charge on any atom is 0.238 e. The van der Waals surface area contributed by atoms with Gasteiger partial charge in [-0.05, 0) is 37.5 Å². The molecular weight excluding hydrogens is 292 g/mol. The zero-order valence-electron chi connectivity index (χ0n) is 11.8. The van der Waals surface area contributed by atoms with Crippen LogP contribution in [0.15, 0.2) is 17.0 Å². The molecule has 7 nitrogen and oxygen atoms in total. The van der Waals surface area contributed by atoms with Crippen molar-refractivity contribution >= 4 is 27.3 Å². The molecule has 2 rings (SSSR count). The molecule has 0 bridgehead atoms. The summed E-state index contributed by atoms with van der Waals surface area (Å²) < 4.78 is 23.0. The fourth-order valence-electron chi connectivity index (χ4n) is 2.03. The lowest BCUT2D eigenvalue weighted by molar-refractivity contribution is -0.120. The number of carbonyl (C=O) groups excluding carboxylic acids is 1. The SMILES string of the molecule is Cc1c(NCCC(=O)NC2CC2)cc(N)cc1S(N)(=O)=O. The van der Waals surface area contributed by atoms with Gasteiger partial charge in [-0.25, -0.2) is 13.6 Å². The molecule has 21 heavy (non-hydrogen) atoms. The van der Waals surface area contributed by atoms with Crippen LogP contribution < -0.4 is 21.5 Å². The van der Waals surface area contributed by atoms with Gasteiger partial charge >= 0.3 is 0 Å². The van der Waals surface area contributed by atoms with Crippen molar-refractivity contribution in [2.45, 2.75) is 37.1 Å². The summed E-state index contributed by atoms with van der Waals surface area (Å²) in [5.41, 5.74) is 7.05. The average Bonchev–Trinajstić information content (AvgIpc) is 3.15. The molecule has 1 amide bonds. The number of rotatable bonds is 6. The predicted molar refractivity (Wildman–Crippen MR) is 81.2 cm³/mol. The van der Waals surface area contributed by atoms with Gasteiger partial charge in [0.05, 0.1) is 4.90 Å². The van der Waals surface area contributed by atoms with E-state index in [1.165, 1.54) is 6.07 Å². The average molecular weight is 312 g/mol. The van der Waals surface area contributed by atoms with Crippen LogP contribution in [0.4, 0.5) is 11.4 Å². The molecule has 0 spiro atoms. The Kier molecular flexibility index (Phi) is 4.38. The molecule has 1 aliphatic rings. The number of hydrogen-bond donors (Lipinski definition) is 4. The van der Waals surface area contributed by atoms with Gasteiger partial charge in [-0.2, -0.15) is 0 Å². The Labute approximate surface area is 124 Å². The highest BCUT2D eigenvalue weighted by Gasteiger charge is 2.22. The first-order valence-corrected chi connectivity index (χ1v) is 8.28. The molecule has 1 aliphatic carbocycles. The highest BCUT2D eigenvalue weighted by Crippen LogP contribution is 2.26. The number of hydrogen-bond acceptors (Lipinski definition) is 5. The van der Waals surface area contributed by atoms with E-state index < -0.39 is 10.0 Å². The Morgan fingerprint density at radius 2 is 2.05 bits per heavy atom. The quantitative estimate of drug-likeness (QED) is 0.562. The summed E-state index contributed by atoms with van der Waals surface area (Å²) >= 11 is 0. The summed E-state index contributed by atoms with van der Waals surface area (Å²) in [4.78, 5) is 11.6. The number of nitrogen functional groups attached to an aromatic ring is 1. The monoisotopic (exact) mass is 312 g/mol. The Bertz CT molecular complexity index is 654. The second-order valence-corrected chi connectivity index (χ2v) is 6.79. The van der Waals surface area contributed by atoms with E-state index in [-0.39, 0.29) is 10.8 Å². The largest absolute Gasteiger partial charge is 0.399 e. The zero-order valence-corrected chi connectivity index (χ0v) is 12.7. The minimum absolute atomic E-state index is 0.00701. The molecule has 6 N–H and O–H groups in total. The second kappa shape index (κ2) is 5.90. The molecule has 0 aromatic heterocycles. The summed E-state index contributed by atoms with van der Waals surface area (Å²) in [6.07, 6.45) is 2.41. The molecule has 0 saturated heterocycles. The summed E-state index contributed by atoms with van der Waals surface area (Å²) in [5, 5.41) is 11.1. The van der Waals surface area contributed by atoms with Gasteiger partial charge in [0, 0.05) is 30.4 Å². The van der Waals surface area contributed by atoms with Crippen molar-refractivity contribution in [3.63, 3.8) is 0 Å². The van der Waals surface area contributed by atoms with Crippen LogP contribution in [0.1, 0.15) is 24.8 Å². The van der Waals surface area contributed by atoms with Gasteiger partial charge in [0.25, 0.3) is 0 Å². The third kappa shape index (κ3) is 4.33. The molecule has 1 fully saturated rings. The third-order valence-electron chi connectivity index (χ3n) is 3.30. The van der Waals surface area contributed by atoms with Gasteiger partial charge in [0.1, 0.15) is 0 Å². The van der Waals surface area contributed by atoms with E-state index in [0.717, 1.165) is 12.8 Å². The number of nitrogens with two attached hydrogens (primary N) is 2. The van der Waals surface area contributed by atoms with Crippen LogP contribution in [0.25, 0.3) is 0 Å². The minimum atomic E-state index is -3.83. The van der Waals surface area contributed by atoms with Crippen molar-refractivity contribution in [3.8, 4) is 0 Å². The van der Waals surface area contributed by atoms with Crippen LogP contribution in [-0.2, 0) is 14.8 Å². The van der Waals surface area contributed by atoms with Crippen molar-refractivity contribution < 1.29 is 13.2 Å². The first kappa shape index (κ1) is 15.6. The molecule has 0 radical (unpaired) electrons. The first-order valence-electron chi connectivity index (χ1n) is 6.73. The standard InChI is InChI=1S/C13H20N4O3S/c1-8-11(6-9(14)7-12(8)21(15,19)20)16-5-4-13(18)17-10-2-3-10/h6-7,10,16H,2-5,14H2,1H3,(H,17,18)(H2,15,19,20). The maximum atomic E-state index is 11.6. The molecule has 1 aromatic carbocycles. The zero-order chi connectivity index (χ0) is 15.6. The molecule has 0 unspecified atom stereocenters. The number of primary sulfonamides is 1. The topological polar surface area (TPSA) is 127 Å². The van der Waals surface area contributed by atoms with Crippen molar-refractivity contribution in [1.82, 2.24) is 5.32 Å². The molecular formula is C13H20N4O3S. The maximum absolute atomic E-state index is 11.6. The van der Waals surface area contributed by atoms with E-state index in [0.29, 0.717) is 35.9 Å². The first-order chi connectivity index (χ1) is 9.77. The van der Waals surface area contributed by atoms with Crippen LogP contribution in [0.5, 0.6) is 0 Å². The fourth-order valence-corrected chi connectivity index (χ4v) is 2.86. The van der Waals surface area contributed by atoms with E-state index in [1.807, 2.05) is 0 Å². The van der Waals surface area contributed by atoms with E-state index in [2.05, 4.69) is 10.6 Å². The summed E-state index contributed by atoms with van der Waals surface area (Å²) in [6.45, 7) is 2.04. The minimum Gasteiger partial charge on any atom is -0.399 e. The highest BCUT2D eigenvalue weighted by molar-refractivity contribution is 7.89. The number of sulfonamides is 1. The number of nitrogens with one attached hydrogen (secondary N) is 2. The van der Waals surface area contributed by atoms with Gasteiger partial charge in [-0.15, -0.1) is 0 Å². The van der Waals surface area contributed by atoms with Crippen LogP contribution in [-0.4, -0.2) is 26.9 Å². The molecule has 0 aliphatic heterocycles. The van der Waals surface area contributed by atoms with E-state index >= 15 is 0 Å². The number of amides is 1. The molecule has 0 heterocycles. The normalized spacial score (nSPS) is 14.8. The van der Waals surface area contributed by atoms with Gasteiger partial charge in [-0.1, -0.05) is 0 Å². The van der Waals surface area contributed by atoms with E-state index in [4.69, 9.17) is 10.9 Å².